The summed E-state index contributed by atoms with van der Waals surface area (Å²) in [5, 5.41) is 4.29. The first kappa shape index (κ1) is 8.84. The molecule has 0 aliphatic carbocycles. The third-order valence-electron chi connectivity index (χ3n) is 1.05. The van der Waals surface area contributed by atoms with Gasteiger partial charge in [0.15, 0.2) is 0 Å². The molecule has 0 heterocycles. The summed E-state index contributed by atoms with van der Waals surface area (Å²) >= 11 is 0. The Labute approximate surface area is 61.1 Å². The number of hydrogen-bond donors (Lipinski definition) is 3. The van der Waals surface area contributed by atoms with Crippen LogP contribution in [0.15, 0.2) is 24.7 Å². The first-order valence-electron chi connectivity index (χ1n) is 2.99. The molecule has 4 heteroatoms. The molecular formula is C6H14N4. The van der Waals surface area contributed by atoms with Gasteiger partial charge in [-0.25, -0.2) is 5.84 Å². The topological polar surface area (TPSA) is 67.3 Å². The van der Waals surface area contributed by atoms with Crippen molar-refractivity contribution in [3.05, 3.63) is 24.7 Å². The Balaban J connectivity index is 3.89. The summed E-state index contributed by atoms with van der Waals surface area (Å²) in [6, 6.07) is 0. The van der Waals surface area contributed by atoms with Crippen LogP contribution in [0.2, 0.25) is 0 Å². The van der Waals surface area contributed by atoms with Crippen molar-refractivity contribution in [2.45, 2.75) is 0 Å². The second-order valence-electron chi connectivity index (χ2n) is 1.74. The van der Waals surface area contributed by atoms with Gasteiger partial charge < -0.3 is 11.1 Å². The van der Waals surface area contributed by atoms with Crippen molar-refractivity contribution in [2.24, 2.45) is 11.6 Å². The molecular weight excluding hydrogens is 128 g/mol. The van der Waals surface area contributed by atoms with Gasteiger partial charge in [0.05, 0.1) is 6.54 Å². The molecule has 0 aromatic carbocycles. The van der Waals surface area contributed by atoms with Crippen LogP contribution >= 0.6 is 0 Å². The quantitative estimate of drug-likeness (QED) is 0.276. The SMILES string of the molecule is C=CCN(N)/C(=C\N)NC. The van der Waals surface area contributed by atoms with Crippen LogP contribution in [0.3, 0.4) is 0 Å². The molecule has 0 aliphatic rings. The fraction of sp³-hybridized carbons (Fsp3) is 0.333. The fourth-order valence-electron chi connectivity index (χ4n) is 0.560. The second kappa shape index (κ2) is 4.69. The lowest BCUT2D eigenvalue weighted by Crippen LogP contribution is -2.36. The highest BCUT2D eigenvalue weighted by atomic mass is 15.4. The van der Waals surface area contributed by atoms with E-state index in [1.54, 1.807) is 13.1 Å². The molecule has 4 nitrogen and oxygen atoms in total. The molecule has 0 radical (unpaired) electrons. The molecule has 0 bridgehead atoms. The maximum absolute atomic E-state index is 5.50. The largest absolute Gasteiger partial charge is 0.402 e. The first-order valence-corrected chi connectivity index (χ1v) is 2.99. The average Bonchev–Trinajstić information content (AvgIpc) is 1.91. The van der Waals surface area contributed by atoms with Gasteiger partial charge in [-0.15, -0.1) is 6.58 Å². The molecule has 5 N–H and O–H groups in total. The average molecular weight is 142 g/mol. The van der Waals surface area contributed by atoms with E-state index in [2.05, 4.69) is 11.9 Å². The van der Waals surface area contributed by atoms with Gasteiger partial charge in [-0.1, -0.05) is 6.08 Å². The number of nitrogens with zero attached hydrogens (tertiary/aromatic N) is 1. The van der Waals surface area contributed by atoms with Crippen molar-refractivity contribution in [1.82, 2.24) is 10.3 Å². The van der Waals surface area contributed by atoms with Crippen LogP contribution in [-0.4, -0.2) is 18.6 Å². The summed E-state index contributed by atoms with van der Waals surface area (Å²) in [7, 11) is 1.75. The van der Waals surface area contributed by atoms with Crippen molar-refractivity contribution >= 4 is 0 Å². The summed E-state index contributed by atoms with van der Waals surface area (Å²) in [6.45, 7) is 4.11. The van der Waals surface area contributed by atoms with Gasteiger partial charge >= 0.3 is 0 Å². The molecule has 0 amide bonds. The molecule has 0 aliphatic heterocycles. The van der Waals surface area contributed by atoms with Crippen LogP contribution in [0.5, 0.6) is 0 Å². The third kappa shape index (κ3) is 2.41. The third-order valence-corrected chi connectivity index (χ3v) is 1.05. The lowest BCUT2D eigenvalue weighted by Gasteiger charge is -2.18. The van der Waals surface area contributed by atoms with Gasteiger partial charge in [-0.2, -0.15) is 0 Å². The summed E-state index contributed by atoms with van der Waals surface area (Å²) in [5.41, 5.74) is 5.23. The van der Waals surface area contributed by atoms with Crippen molar-refractivity contribution < 1.29 is 0 Å². The fourth-order valence-corrected chi connectivity index (χ4v) is 0.560. The maximum Gasteiger partial charge on any atom is 0.132 e. The van der Waals surface area contributed by atoms with Gasteiger partial charge in [-0.05, 0) is 0 Å². The highest BCUT2D eigenvalue weighted by Gasteiger charge is 1.96. The Hall–Kier alpha value is -1.16. The first-order chi connectivity index (χ1) is 4.76. The predicted molar refractivity (Wildman–Crippen MR) is 42.4 cm³/mol. The number of nitrogens with two attached hydrogens (primary N) is 2. The summed E-state index contributed by atoms with van der Waals surface area (Å²) in [5.74, 6) is 6.18. The highest BCUT2D eigenvalue weighted by Crippen LogP contribution is 1.88. The normalized spacial score (nSPS) is 10.8. The molecule has 0 spiro atoms. The molecule has 0 saturated carbocycles. The molecule has 0 aromatic heterocycles. The molecule has 0 atom stereocenters. The Bertz CT molecular complexity index is 130. The van der Waals surface area contributed by atoms with Crippen LogP contribution < -0.4 is 16.9 Å². The van der Waals surface area contributed by atoms with Crippen LogP contribution in [0.25, 0.3) is 0 Å². The minimum absolute atomic E-state index is 0.573. The van der Waals surface area contributed by atoms with E-state index in [0.717, 1.165) is 0 Å². The van der Waals surface area contributed by atoms with E-state index in [1.807, 2.05) is 0 Å². The molecule has 0 saturated heterocycles. The van der Waals surface area contributed by atoms with Crippen LogP contribution in [0.4, 0.5) is 0 Å². The Morgan fingerprint density at radius 3 is 2.70 bits per heavy atom. The Kier molecular flexibility index (Phi) is 4.15. The molecule has 58 valence electrons. The standard InChI is InChI=1S/C6H14N4/c1-3-4-10(8)6(5-7)9-2/h3,5,9H,1,4,7-8H2,2H3/b6-5-. The number of rotatable bonds is 4. The highest BCUT2D eigenvalue weighted by molar-refractivity contribution is 4.94. The lowest BCUT2D eigenvalue weighted by atomic mass is 10.5. The lowest BCUT2D eigenvalue weighted by molar-refractivity contribution is 0.373. The van der Waals surface area contributed by atoms with Crippen LogP contribution in [0.1, 0.15) is 0 Å². The van der Waals surface area contributed by atoms with Gasteiger partial charge in [-0.3, -0.25) is 5.01 Å². The Morgan fingerprint density at radius 2 is 2.40 bits per heavy atom. The molecule has 0 aromatic rings. The predicted octanol–water partition coefficient (Wildman–Crippen LogP) is -0.675. The van der Waals surface area contributed by atoms with Crippen LogP contribution in [0, 0.1) is 0 Å². The zero-order valence-electron chi connectivity index (χ0n) is 6.17. The second-order valence-corrected chi connectivity index (χ2v) is 1.74. The Morgan fingerprint density at radius 1 is 1.80 bits per heavy atom. The van der Waals surface area contributed by atoms with E-state index >= 15 is 0 Å². The van der Waals surface area contributed by atoms with E-state index in [9.17, 15) is 0 Å². The summed E-state index contributed by atoms with van der Waals surface area (Å²) < 4.78 is 0. The zero-order valence-corrected chi connectivity index (χ0v) is 6.17. The van der Waals surface area contributed by atoms with Gasteiger partial charge in [0, 0.05) is 13.2 Å². The smallest absolute Gasteiger partial charge is 0.132 e. The van der Waals surface area contributed by atoms with E-state index in [1.165, 1.54) is 11.2 Å². The van der Waals surface area contributed by atoms with Gasteiger partial charge in [0.1, 0.15) is 5.82 Å². The molecule has 0 unspecified atom stereocenters. The van der Waals surface area contributed by atoms with E-state index in [-0.39, 0.29) is 0 Å². The van der Waals surface area contributed by atoms with E-state index < -0.39 is 0 Å². The molecule has 10 heavy (non-hydrogen) atoms. The van der Waals surface area contributed by atoms with Gasteiger partial charge in [0.25, 0.3) is 0 Å². The maximum atomic E-state index is 5.50. The van der Waals surface area contributed by atoms with E-state index in [4.69, 9.17) is 11.6 Å². The minimum atomic E-state index is 0.573. The number of hydrogen-bond acceptors (Lipinski definition) is 4. The monoisotopic (exact) mass is 142 g/mol. The van der Waals surface area contributed by atoms with Crippen molar-refractivity contribution in [3.8, 4) is 0 Å². The van der Waals surface area contributed by atoms with Crippen LogP contribution in [-0.2, 0) is 0 Å². The van der Waals surface area contributed by atoms with E-state index in [0.29, 0.717) is 12.4 Å². The number of nitrogens with one attached hydrogen (secondary N) is 1. The van der Waals surface area contributed by atoms with Crippen molar-refractivity contribution in [3.63, 3.8) is 0 Å². The minimum Gasteiger partial charge on any atom is -0.402 e. The van der Waals surface area contributed by atoms with Gasteiger partial charge in [0.2, 0.25) is 0 Å². The van der Waals surface area contributed by atoms with Crippen molar-refractivity contribution in [2.75, 3.05) is 13.6 Å². The molecule has 0 rings (SSSR count). The zero-order chi connectivity index (χ0) is 7.98. The summed E-state index contributed by atoms with van der Waals surface area (Å²) in [4.78, 5) is 0. The van der Waals surface area contributed by atoms with Crippen molar-refractivity contribution in [1.29, 1.82) is 0 Å². The summed E-state index contributed by atoms with van der Waals surface area (Å²) in [6.07, 6.45) is 3.10. The molecule has 0 fully saturated rings. The number of hydrazine groups is 1.